The summed E-state index contributed by atoms with van der Waals surface area (Å²) in [7, 11) is -3.41. The number of sulfonamides is 1. The molecule has 106 valence electrons. The molecule has 1 saturated heterocycles. The first-order valence-electron chi connectivity index (χ1n) is 6.35. The summed E-state index contributed by atoms with van der Waals surface area (Å²) < 4.78 is 28.6. The molecule has 0 amide bonds. The molecule has 0 saturated carbocycles. The van der Waals surface area contributed by atoms with Gasteiger partial charge in [0.05, 0.1) is 4.90 Å². The Hall–Kier alpha value is 0.0900. The lowest BCUT2D eigenvalue weighted by atomic mass is 10.2. The second-order valence-corrected chi connectivity index (χ2v) is 8.42. The molecule has 0 spiro atoms. The normalized spacial score (nSPS) is 20.9. The summed E-state index contributed by atoms with van der Waals surface area (Å²) in [5.41, 5.74) is 1.01. The Morgan fingerprint density at radius 1 is 1.32 bits per heavy atom. The molecule has 1 fully saturated rings. The molecule has 0 N–H and O–H groups in total. The van der Waals surface area contributed by atoms with Crippen molar-refractivity contribution < 1.29 is 8.42 Å². The average molecular weight is 411 g/mol. The van der Waals surface area contributed by atoms with Crippen LogP contribution in [0.4, 0.5) is 0 Å². The van der Waals surface area contributed by atoms with Crippen molar-refractivity contribution in [3.05, 3.63) is 26.6 Å². The van der Waals surface area contributed by atoms with Gasteiger partial charge in [0.1, 0.15) is 0 Å². The molecule has 0 bridgehead atoms. The Bertz CT molecular complexity index is 587. The number of hydrogen-bond donors (Lipinski definition) is 0. The quantitative estimate of drug-likeness (QED) is 0.752. The first-order chi connectivity index (χ1) is 8.87. The van der Waals surface area contributed by atoms with E-state index in [1.165, 1.54) is 0 Å². The molecule has 1 heterocycles. The van der Waals surface area contributed by atoms with Crippen molar-refractivity contribution in [2.75, 3.05) is 6.54 Å². The van der Waals surface area contributed by atoms with Gasteiger partial charge in [-0.1, -0.05) is 22.9 Å². The molecular weight excluding hydrogens is 394 g/mol. The number of aryl methyl sites for hydroxylation is 1. The molecular formula is C13H17Br2NO2S. The van der Waals surface area contributed by atoms with Crippen LogP contribution in [-0.4, -0.2) is 25.3 Å². The van der Waals surface area contributed by atoms with Crippen molar-refractivity contribution in [2.45, 2.75) is 44.0 Å². The lowest BCUT2D eigenvalue weighted by Gasteiger charge is -2.24. The predicted octanol–water partition coefficient (Wildman–Crippen LogP) is 4.08. The van der Waals surface area contributed by atoms with Gasteiger partial charge in [-0.25, -0.2) is 8.42 Å². The molecule has 1 aromatic rings. The summed E-state index contributed by atoms with van der Waals surface area (Å²) in [5.74, 6) is 0. The van der Waals surface area contributed by atoms with Crippen LogP contribution in [0, 0.1) is 6.92 Å². The van der Waals surface area contributed by atoms with E-state index in [0.717, 1.165) is 29.3 Å². The maximum absolute atomic E-state index is 12.8. The molecule has 0 radical (unpaired) electrons. The lowest BCUT2D eigenvalue weighted by molar-refractivity contribution is 0.379. The SMILES string of the molecule is CCC1CCCN1S(=O)(=O)c1cc(Br)c(C)cc1Br. The van der Waals surface area contributed by atoms with Crippen LogP contribution < -0.4 is 0 Å². The second-order valence-electron chi connectivity index (χ2n) is 4.85. The zero-order valence-electron chi connectivity index (χ0n) is 11.0. The van der Waals surface area contributed by atoms with Crippen LogP contribution in [-0.2, 0) is 10.0 Å². The van der Waals surface area contributed by atoms with Gasteiger partial charge in [-0.05, 0) is 59.8 Å². The van der Waals surface area contributed by atoms with Crippen LogP contribution in [0.3, 0.4) is 0 Å². The first-order valence-corrected chi connectivity index (χ1v) is 9.38. The van der Waals surface area contributed by atoms with E-state index in [1.54, 1.807) is 10.4 Å². The third-order valence-electron chi connectivity index (χ3n) is 3.59. The van der Waals surface area contributed by atoms with Crippen molar-refractivity contribution in [2.24, 2.45) is 0 Å². The van der Waals surface area contributed by atoms with E-state index in [1.807, 2.05) is 19.9 Å². The Labute approximate surface area is 131 Å². The Kier molecular flexibility index (Phi) is 4.75. The Morgan fingerprint density at radius 3 is 2.63 bits per heavy atom. The van der Waals surface area contributed by atoms with E-state index >= 15 is 0 Å². The summed E-state index contributed by atoms with van der Waals surface area (Å²) in [4.78, 5) is 0.352. The van der Waals surface area contributed by atoms with Crippen LogP contribution in [0.1, 0.15) is 31.7 Å². The number of rotatable bonds is 3. The number of nitrogens with zero attached hydrogens (tertiary/aromatic N) is 1. The third kappa shape index (κ3) is 2.91. The molecule has 19 heavy (non-hydrogen) atoms. The number of halogens is 2. The Balaban J connectivity index is 2.48. The van der Waals surface area contributed by atoms with Crippen LogP contribution in [0.15, 0.2) is 26.0 Å². The van der Waals surface area contributed by atoms with Crippen molar-refractivity contribution in [3.63, 3.8) is 0 Å². The minimum absolute atomic E-state index is 0.136. The minimum Gasteiger partial charge on any atom is -0.207 e. The molecule has 1 aromatic carbocycles. The van der Waals surface area contributed by atoms with E-state index < -0.39 is 10.0 Å². The van der Waals surface area contributed by atoms with Gasteiger partial charge in [-0.3, -0.25) is 0 Å². The smallest absolute Gasteiger partial charge is 0.207 e. The van der Waals surface area contributed by atoms with Gasteiger partial charge in [0.25, 0.3) is 0 Å². The van der Waals surface area contributed by atoms with E-state index in [9.17, 15) is 8.42 Å². The highest BCUT2D eigenvalue weighted by molar-refractivity contribution is 9.11. The summed E-state index contributed by atoms with van der Waals surface area (Å²) in [5, 5.41) is 0. The summed E-state index contributed by atoms with van der Waals surface area (Å²) >= 11 is 6.79. The highest BCUT2D eigenvalue weighted by Gasteiger charge is 2.35. The summed E-state index contributed by atoms with van der Waals surface area (Å²) in [6.07, 6.45) is 2.77. The van der Waals surface area contributed by atoms with Gasteiger partial charge < -0.3 is 0 Å². The molecule has 0 aliphatic carbocycles. The van der Waals surface area contributed by atoms with E-state index in [-0.39, 0.29) is 6.04 Å². The van der Waals surface area contributed by atoms with Gasteiger partial charge in [0.2, 0.25) is 10.0 Å². The van der Waals surface area contributed by atoms with Gasteiger partial charge in [-0.15, -0.1) is 0 Å². The number of benzene rings is 1. The topological polar surface area (TPSA) is 37.4 Å². The molecule has 2 rings (SSSR count). The highest BCUT2D eigenvalue weighted by Crippen LogP contribution is 2.34. The standard InChI is InChI=1S/C13H17Br2NO2S/c1-3-10-5-4-6-16(10)19(17,18)13-8-11(14)9(2)7-12(13)15/h7-8,10H,3-6H2,1-2H3. The molecule has 1 aliphatic heterocycles. The Morgan fingerprint density at radius 2 is 2.00 bits per heavy atom. The third-order valence-corrected chi connectivity index (χ3v) is 7.36. The van der Waals surface area contributed by atoms with Gasteiger partial charge in [0.15, 0.2) is 0 Å². The lowest BCUT2D eigenvalue weighted by Crippen LogP contribution is -2.35. The molecule has 3 nitrogen and oxygen atoms in total. The fourth-order valence-electron chi connectivity index (χ4n) is 2.49. The zero-order chi connectivity index (χ0) is 14.2. The van der Waals surface area contributed by atoms with Gasteiger partial charge >= 0.3 is 0 Å². The van der Waals surface area contributed by atoms with Crippen LogP contribution >= 0.6 is 31.9 Å². The highest BCUT2D eigenvalue weighted by atomic mass is 79.9. The summed E-state index contributed by atoms with van der Waals surface area (Å²) in [6, 6.07) is 3.67. The van der Waals surface area contributed by atoms with Crippen LogP contribution in [0.5, 0.6) is 0 Å². The molecule has 1 aliphatic rings. The van der Waals surface area contributed by atoms with E-state index in [2.05, 4.69) is 31.9 Å². The largest absolute Gasteiger partial charge is 0.244 e. The zero-order valence-corrected chi connectivity index (χ0v) is 15.0. The monoisotopic (exact) mass is 409 g/mol. The first kappa shape index (κ1) is 15.5. The van der Waals surface area contributed by atoms with Crippen molar-refractivity contribution in [1.82, 2.24) is 4.31 Å². The average Bonchev–Trinajstić information content (AvgIpc) is 2.82. The molecule has 1 unspecified atom stereocenters. The molecule has 0 aromatic heterocycles. The van der Waals surface area contributed by atoms with Crippen molar-refractivity contribution >= 4 is 41.9 Å². The van der Waals surface area contributed by atoms with E-state index in [4.69, 9.17) is 0 Å². The summed E-state index contributed by atoms with van der Waals surface area (Å²) in [6.45, 7) is 4.60. The van der Waals surface area contributed by atoms with E-state index in [0.29, 0.717) is 15.9 Å². The van der Waals surface area contributed by atoms with Crippen molar-refractivity contribution in [3.8, 4) is 0 Å². The second kappa shape index (κ2) is 5.84. The fourth-order valence-corrected chi connectivity index (χ4v) is 5.89. The molecule has 6 heteroatoms. The van der Waals surface area contributed by atoms with Gasteiger partial charge in [0, 0.05) is 21.5 Å². The van der Waals surface area contributed by atoms with Crippen LogP contribution in [0.25, 0.3) is 0 Å². The maximum atomic E-state index is 12.8. The van der Waals surface area contributed by atoms with Crippen LogP contribution in [0.2, 0.25) is 0 Å². The van der Waals surface area contributed by atoms with Gasteiger partial charge in [-0.2, -0.15) is 4.31 Å². The molecule has 1 atom stereocenters. The predicted molar refractivity (Wildman–Crippen MR) is 83.8 cm³/mol. The maximum Gasteiger partial charge on any atom is 0.244 e. The van der Waals surface area contributed by atoms with Crippen molar-refractivity contribution in [1.29, 1.82) is 0 Å². The minimum atomic E-state index is -3.41. The number of hydrogen-bond acceptors (Lipinski definition) is 2. The fraction of sp³-hybridized carbons (Fsp3) is 0.538.